The number of Topliss-reactive ketones (excluding diaryl/α,β-unsaturated/α-hetero) is 1. The first-order valence-electron chi connectivity index (χ1n) is 8.17. The van der Waals surface area contributed by atoms with Crippen LogP contribution in [0.15, 0.2) is 18.3 Å². The molecule has 2 rings (SSSR count). The Balaban J connectivity index is 2.42. The van der Waals surface area contributed by atoms with E-state index in [9.17, 15) is 9.59 Å². The topological polar surface area (TPSA) is 63.0 Å². The predicted octanol–water partition coefficient (Wildman–Crippen LogP) is 3.16. The maximum atomic E-state index is 13.0. The van der Waals surface area contributed by atoms with Gasteiger partial charge >= 0.3 is 5.97 Å². The SMILES string of the molecule is CCOC(=O)c1c(C)[nH]c(C(=O)[C@H](C)[n+]2cccc(C)c2C)c1C. The summed E-state index contributed by atoms with van der Waals surface area (Å²) in [5.41, 5.74) is 4.41. The van der Waals surface area contributed by atoms with Crippen LogP contribution in [0, 0.1) is 27.7 Å². The minimum atomic E-state index is -0.394. The van der Waals surface area contributed by atoms with Crippen molar-refractivity contribution in [2.24, 2.45) is 0 Å². The quantitative estimate of drug-likeness (QED) is 0.521. The van der Waals surface area contributed by atoms with Crippen LogP contribution in [-0.2, 0) is 4.74 Å². The van der Waals surface area contributed by atoms with Gasteiger partial charge in [0.05, 0.1) is 17.9 Å². The largest absolute Gasteiger partial charge is 0.462 e. The number of nitrogens with one attached hydrogen (secondary N) is 1. The molecule has 5 nitrogen and oxygen atoms in total. The maximum Gasteiger partial charge on any atom is 0.340 e. The normalized spacial score (nSPS) is 12.1. The molecule has 2 aromatic rings. The number of aromatic amines is 1. The lowest BCUT2D eigenvalue weighted by molar-refractivity contribution is -0.710. The Morgan fingerprint density at radius 2 is 1.92 bits per heavy atom. The van der Waals surface area contributed by atoms with E-state index >= 15 is 0 Å². The molecule has 0 aliphatic carbocycles. The number of carbonyl (C=O) groups is 2. The highest BCUT2D eigenvalue weighted by molar-refractivity contribution is 6.02. The third-order valence-electron chi connectivity index (χ3n) is 4.51. The summed E-state index contributed by atoms with van der Waals surface area (Å²) >= 11 is 0. The number of carbonyl (C=O) groups excluding carboxylic acids is 2. The minimum absolute atomic E-state index is 0.0511. The number of hydrogen-bond donors (Lipinski definition) is 1. The van der Waals surface area contributed by atoms with E-state index < -0.39 is 5.97 Å². The number of aromatic nitrogens is 2. The zero-order chi connectivity index (χ0) is 18.0. The van der Waals surface area contributed by atoms with Crippen LogP contribution in [0.25, 0.3) is 0 Å². The molecule has 2 aromatic heterocycles. The van der Waals surface area contributed by atoms with Crippen LogP contribution >= 0.6 is 0 Å². The first-order valence-corrected chi connectivity index (χ1v) is 8.17. The Hall–Kier alpha value is -2.43. The molecule has 24 heavy (non-hydrogen) atoms. The van der Waals surface area contributed by atoms with Crippen LogP contribution in [-0.4, -0.2) is 23.3 Å². The van der Waals surface area contributed by atoms with Crippen molar-refractivity contribution in [1.29, 1.82) is 0 Å². The lowest BCUT2D eigenvalue weighted by atomic mass is 10.0. The molecule has 2 heterocycles. The first kappa shape index (κ1) is 17.9. The molecule has 0 bridgehead atoms. The van der Waals surface area contributed by atoms with Crippen molar-refractivity contribution < 1.29 is 18.9 Å². The van der Waals surface area contributed by atoms with Crippen molar-refractivity contribution >= 4 is 11.8 Å². The molecule has 1 N–H and O–H groups in total. The molecule has 0 saturated heterocycles. The molecule has 0 radical (unpaired) electrons. The van der Waals surface area contributed by atoms with Gasteiger partial charge in [-0.1, -0.05) is 0 Å². The van der Waals surface area contributed by atoms with E-state index in [1.165, 1.54) is 0 Å². The maximum absolute atomic E-state index is 13.0. The Morgan fingerprint density at radius 1 is 1.25 bits per heavy atom. The smallest absolute Gasteiger partial charge is 0.340 e. The first-order chi connectivity index (χ1) is 11.3. The Kier molecular flexibility index (Phi) is 5.22. The van der Waals surface area contributed by atoms with Gasteiger partial charge in [-0.15, -0.1) is 0 Å². The third-order valence-corrected chi connectivity index (χ3v) is 4.51. The Bertz CT molecular complexity index is 790. The molecule has 1 atom stereocenters. The highest BCUT2D eigenvalue weighted by Crippen LogP contribution is 2.22. The highest BCUT2D eigenvalue weighted by atomic mass is 16.5. The molecule has 0 unspecified atom stereocenters. The van der Waals surface area contributed by atoms with Gasteiger partial charge < -0.3 is 9.72 Å². The van der Waals surface area contributed by atoms with Gasteiger partial charge in [-0.05, 0) is 39.3 Å². The monoisotopic (exact) mass is 329 g/mol. The minimum Gasteiger partial charge on any atom is -0.462 e. The van der Waals surface area contributed by atoms with Crippen LogP contribution in [0.1, 0.15) is 63.3 Å². The number of pyridine rings is 1. The lowest BCUT2D eigenvalue weighted by Gasteiger charge is -2.10. The van der Waals surface area contributed by atoms with Crippen molar-refractivity contribution in [3.8, 4) is 0 Å². The van der Waals surface area contributed by atoms with E-state index in [1.807, 2.05) is 43.7 Å². The fourth-order valence-corrected chi connectivity index (χ4v) is 2.98. The van der Waals surface area contributed by atoms with Gasteiger partial charge in [0.1, 0.15) is 0 Å². The zero-order valence-corrected chi connectivity index (χ0v) is 15.2. The van der Waals surface area contributed by atoms with Crippen molar-refractivity contribution in [2.75, 3.05) is 6.61 Å². The zero-order valence-electron chi connectivity index (χ0n) is 15.2. The van der Waals surface area contributed by atoms with Gasteiger partial charge in [0.25, 0.3) is 0 Å². The van der Waals surface area contributed by atoms with Gasteiger partial charge in [-0.25, -0.2) is 4.79 Å². The average molecular weight is 329 g/mol. The summed E-state index contributed by atoms with van der Waals surface area (Å²) in [5, 5.41) is 0. The van der Waals surface area contributed by atoms with Crippen LogP contribution in [0.4, 0.5) is 0 Å². The standard InChI is InChI=1S/C19H24N2O3/c1-7-24-19(23)16-12(3)17(20-13(16)4)18(22)15(6)21-10-8-9-11(2)14(21)5/h8-10,15H,7H2,1-6H3/p+1/t15-/m0/s1. The summed E-state index contributed by atoms with van der Waals surface area (Å²) in [6.07, 6.45) is 1.91. The van der Waals surface area contributed by atoms with E-state index in [4.69, 9.17) is 4.74 Å². The third kappa shape index (κ3) is 3.11. The van der Waals surface area contributed by atoms with Gasteiger partial charge in [0, 0.05) is 31.2 Å². The van der Waals surface area contributed by atoms with E-state index in [1.54, 1.807) is 20.8 Å². The van der Waals surface area contributed by atoms with Crippen LogP contribution in [0.5, 0.6) is 0 Å². The number of hydrogen-bond acceptors (Lipinski definition) is 3. The van der Waals surface area contributed by atoms with Gasteiger partial charge in [0.2, 0.25) is 11.8 Å². The van der Waals surface area contributed by atoms with E-state index in [-0.39, 0.29) is 11.8 Å². The number of ether oxygens (including phenoxy) is 1. The van der Waals surface area contributed by atoms with E-state index in [2.05, 4.69) is 4.98 Å². The summed E-state index contributed by atoms with van der Waals surface area (Å²) in [6, 6.07) is 3.59. The van der Waals surface area contributed by atoms with Crippen molar-refractivity contribution in [3.05, 3.63) is 52.1 Å². The number of ketones is 1. The average Bonchev–Trinajstić information content (AvgIpc) is 2.83. The molecule has 0 saturated carbocycles. The molecule has 0 aliphatic rings. The Morgan fingerprint density at radius 3 is 2.54 bits per heavy atom. The molecule has 0 amide bonds. The molecule has 128 valence electrons. The summed E-state index contributed by atoms with van der Waals surface area (Å²) in [5.74, 6) is -0.445. The summed E-state index contributed by atoms with van der Waals surface area (Å²) < 4.78 is 7.04. The van der Waals surface area contributed by atoms with Crippen molar-refractivity contribution in [3.63, 3.8) is 0 Å². The molecule has 0 aliphatic heterocycles. The predicted molar refractivity (Wildman–Crippen MR) is 91.4 cm³/mol. The number of H-pyrrole nitrogens is 1. The Labute approximate surface area is 142 Å². The molecule has 5 heteroatoms. The number of nitrogens with zero attached hydrogens (tertiary/aromatic N) is 1. The van der Waals surface area contributed by atoms with Gasteiger partial charge in [-0.2, -0.15) is 4.57 Å². The van der Waals surface area contributed by atoms with Crippen LogP contribution < -0.4 is 4.57 Å². The fraction of sp³-hybridized carbons (Fsp3) is 0.421. The highest BCUT2D eigenvalue weighted by Gasteiger charge is 2.31. The molecule has 0 spiro atoms. The summed E-state index contributed by atoms with van der Waals surface area (Å²) in [6.45, 7) is 11.5. The fourth-order valence-electron chi connectivity index (χ4n) is 2.98. The summed E-state index contributed by atoms with van der Waals surface area (Å²) in [7, 11) is 0. The van der Waals surface area contributed by atoms with Gasteiger partial charge in [-0.3, -0.25) is 4.79 Å². The lowest BCUT2D eigenvalue weighted by Crippen LogP contribution is -2.45. The van der Waals surface area contributed by atoms with Crippen LogP contribution in [0.3, 0.4) is 0 Å². The molecule has 0 aromatic carbocycles. The van der Waals surface area contributed by atoms with Crippen molar-refractivity contribution in [1.82, 2.24) is 4.98 Å². The second kappa shape index (κ2) is 6.99. The summed E-state index contributed by atoms with van der Waals surface area (Å²) in [4.78, 5) is 28.1. The number of aryl methyl sites for hydroxylation is 2. The molecular weight excluding hydrogens is 304 g/mol. The second-order valence-corrected chi connectivity index (χ2v) is 6.07. The number of esters is 1. The number of rotatable bonds is 5. The van der Waals surface area contributed by atoms with E-state index in [0.29, 0.717) is 29.1 Å². The van der Waals surface area contributed by atoms with E-state index in [0.717, 1.165) is 11.3 Å². The van der Waals surface area contributed by atoms with Crippen molar-refractivity contribution in [2.45, 2.75) is 47.6 Å². The van der Waals surface area contributed by atoms with Gasteiger partial charge in [0.15, 0.2) is 11.9 Å². The van der Waals surface area contributed by atoms with Crippen LogP contribution in [0.2, 0.25) is 0 Å². The second-order valence-electron chi connectivity index (χ2n) is 6.07. The molecular formula is C19H25N2O3+. The molecule has 0 fully saturated rings.